The summed E-state index contributed by atoms with van der Waals surface area (Å²) < 4.78 is 0. The number of aliphatic hydroxyl groups excluding tert-OH is 1. The number of likely N-dealkylation sites (N-methyl/N-ethyl adjacent to an activating group) is 1. The molecule has 2 rings (SSSR count). The summed E-state index contributed by atoms with van der Waals surface area (Å²) in [6.07, 6.45) is 4.48. The predicted molar refractivity (Wildman–Crippen MR) is 61.5 cm³/mol. The Kier molecular flexibility index (Phi) is 3.65. The molecule has 3 N–H and O–H groups in total. The molecule has 1 saturated carbocycles. The van der Waals surface area contributed by atoms with Crippen molar-refractivity contribution >= 4 is 0 Å². The van der Waals surface area contributed by atoms with E-state index in [4.69, 9.17) is 5.73 Å². The SMILES string of the molecule is CCN1CC(N)CC(CC(O)C2CC2)C1. The van der Waals surface area contributed by atoms with Crippen molar-refractivity contribution in [2.24, 2.45) is 17.6 Å². The van der Waals surface area contributed by atoms with E-state index in [1.807, 2.05) is 0 Å². The smallest absolute Gasteiger partial charge is 0.0571 e. The summed E-state index contributed by atoms with van der Waals surface area (Å²) in [5.41, 5.74) is 6.04. The van der Waals surface area contributed by atoms with Crippen molar-refractivity contribution < 1.29 is 5.11 Å². The van der Waals surface area contributed by atoms with Crippen LogP contribution < -0.4 is 5.73 Å². The molecule has 1 saturated heterocycles. The summed E-state index contributed by atoms with van der Waals surface area (Å²) >= 11 is 0. The second-order valence-corrected chi connectivity index (χ2v) is 5.35. The molecule has 0 aromatic heterocycles. The van der Waals surface area contributed by atoms with E-state index in [2.05, 4.69) is 11.8 Å². The van der Waals surface area contributed by atoms with Gasteiger partial charge in [-0.15, -0.1) is 0 Å². The van der Waals surface area contributed by atoms with Crippen molar-refractivity contribution in [3.8, 4) is 0 Å². The maximum absolute atomic E-state index is 9.93. The molecule has 0 aromatic rings. The van der Waals surface area contributed by atoms with Crippen molar-refractivity contribution in [2.45, 2.75) is 44.8 Å². The number of hydrogen-bond acceptors (Lipinski definition) is 3. The molecule has 0 amide bonds. The average molecular weight is 212 g/mol. The Labute approximate surface area is 92.6 Å². The standard InChI is InChI=1S/C12H24N2O/c1-2-14-7-9(5-11(13)8-14)6-12(15)10-3-4-10/h9-12,15H,2-8,13H2,1H3. The monoisotopic (exact) mass is 212 g/mol. The molecule has 0 radical (unpaired) electrons. The van der Waals surface area contributed by atoms with Crippen molar-refractivity contribution in [3.05, 3.63) is 0 Å². The molecule has 0 aromatic carbocycles. The van der Waals surface area contributed by atoms with Gasteiger partial charge in [-0.3, -0.25) is 0 Å². The fourth-order valence-corrected chi connectivity index (χ4v) is 2.79. The number of hydrogen-bond donors (Lipinski definition) is 2. The maximum Gasteiger partial charge on any atom is 0.0571 e. The summed E-state index contributed by atoms with van der Waals surface area (Å²) in [5, 5.41) is 9.93. The molecule has 3 unspecified atom stereocenters. The Hall–Kier alpha value is -0.120. The van der Waals surface area contributed by atoms with Crippen molar-refractivity contribution in [1.82, 2.24) is 4.90 Å². The Balaban J connectivity index is 1.79. The quantitative estimate of drug-likeness (QED) is 0.725. The zero-order valence-electron chi connectivity index (χ0n) is 9.73. The zero-order valence-corrected chi connectivity index (χ0v) is 9.73. The number of nitrogens with two attached hydrogens (primary N) is 1. The molecule has 0 bridgehead atoms. The van der Waals surface area contributed by atoms with E-state index in [-0.39, 0.29) is 6.10 Å². The minimum atomic E-state index is -0.0565. The molecule has 2 aliphatic rings. The lowest BCUT2D eigenvalue weighted by Gasteiger charge is -2.36. The molecule has 3 atom stereocenters. The Morgan fingerprint density at radius 1 is 1.40 bits per heavy atom. The molecular formula is C12H24N2O. The highest BCUT2D eigenvalue weighted by atomic mass is 16.3. The van der Waals surface area contributed by atoms with Crippen molar-refractivity contribution in [2.75, 3.05) is 19.6 Å². The molecule has 3 heteroatoms. The molecular weight excluding hydrogens is 188 g/mol. The number of aliphatic hydroxyl groups is 1. The van der Waals surface area contributed by atoms with Crippen LogP contribution in [0.15, 0.2) is 0 Å². The van der Waals surface area contributed by atoms with Gasteiger partial charge in [0.1, 0.15) is 0 Å². The third kappa shape index (κ3) is 3.16. The van der Waals surface area contributed by atoms with Crippen LogP contribution in [0.3, 0.4) is 0 Å². The van der Waals surface area contributed by atoms with Crippen LogP contribution in [0.25, 0.3) is 0 Å². The second-order valence-electron chi connectivity index (χ2n) is 5.35. The van der Waals surface area contributed by atoms with Crippen molar-refractivity contribution in [1.29, 1.82) is 0 Å². The first-order valence-corrected chi connectivity index (χ1v) is 6.35. The van der Waals surface area contributed by atoms with E-state index >= 15 is 0 Å². The van der Waals surface area contributed by atoms with Crippen LogP contribution in [0.2, 0.25) is 0 Å². The van der Waals surface area contributed by atoms with Gasteiger partial charge in [-0.25, -0.2) is 0 Å². The minimum Gasteiger partial charge on any atom is -0.393 e. The number of rotatable bonds is 4. The summed E-state index contributed by atoms with van der Waals surface area (Å²) in [5.74, 6) is 1.22. The van der Waals surface area contributed by atoms with Crippen LogP contribution in [0.4, 0.5) is 0 Å². The van der Waals surface area contributed by atoms with E-state index in [0.29, 0.717) is 17.9 Å². The molecule has 88 valence electrons. The van der Waals surface area contributed by atoms with Gasteiger partial charge in [0, 0.05) is 19.1 Å². The third-order valence-corrected chi connectivity index (χ3v) is 3.83. The Morgan fingerprint density at radius 2 is 2.13 bits per heavy atom. The highest BCUT2D eigenvalue weighted by Gasteiger charge is 2.33. The van der Waals surface area contributed by atoms with E-state index in [1.165, 1.54) is 12.8 Å². The van der Waals surface area contributed by atoms with Gasteiger partial charge < -0.3 is 15.7 Å². The normalized spacial score (nSPS) is 35.4. The van der Waals surface area contributed by atoms with Gasteiger partial charge in [-0.05, 0) is 44.1 Å². The molecule has 2 fully saturated rings. The zero-order chi connectivity index (χ0) is 10.8. The molecule has 15 heavy (non-hydrogen) atoms. The van der Waals surface area contributed by atoms with E-state index in [0.717, 1.165) is 32.5 Å². The highest BCUT2D eigenvalue weighted by molar-refractivity contribution is 4.87. The molecule has 1 heterocycles. The van der Waals surface area contributed by atoms with Gasteiger partial charge >= 0.3 is 0 Å². The number of likely N-dealkylation sites (tertiary alicyclic amines) is 1. The highest BCUT2D eigenvalue weighted by Crippen LogP contribution is 2.36. The van der Waals surface area contributed by atoms with E-state index in [1.54, 1.807) is 0 Å². The summed E-state index contributed by atoms with van der Waals surface area (Å²) in [6, 6.07) is 0.315. The summed E-state index contributed by atoms with van der Waals surface area (Å²) in [7, 11) is 0. The third-order valence-electron chi connectivity index (χ3n) is 3.83. The minimum absolute atomic E-state index is 0.0565. The van der Waals surface area contributed by atoms with Gasteiger partial charge in [0.2, 0.25) is 0 Å². The topological polar surface area (TPSA) is 49.5 Å². The van der Waals surface area contributed by atoms with Crippen LogP contribution >= 0.6 is 0 Å². The average Bonchev–Trinajstić information content (AvgIpc) is 2.99. The Morgan fingerprint density at radius 3 is 2.73 bits per heavy atom. The maximum atomic E-state index is 9.93. The van der Waals surface area contributed by atoms with Crippen LogP contribution in [-0.4, -0.2) is 41.8 Å². The Bertz CT molecular complexity index is 206. The first-order valence-electron chi connectivity index (χ1n) is 6.35. The fourth-order valence-electron chi connectivity index (χ4n) is 2.79. The molecule has 3 nitrogen and oxygen atoms in total. The van der Waals surface area contributed by atoms with Gasteiger partial charge in [0.25, 0.3) is 0 Å². The van der Waals surface area contributed by atoms with Gasteiger partial charge in [-0.1, -0.05) is 6.92 Å². The van der Waals surface area contributed by atoms with Crippen LogP contribution in [-0.2, 0) is 0 Å². The van der Waals surface area contributed by atoms with Crippen molar-refractivity contribution in [3.63, 3.8) is 0 Å². The largest absolute Gasteiger partial charge is 0.393 e. The lowest BCUT2D eigenvalue weighted by atomic mass is 9.89. The van der Waals surface area contributed by atoms with E-state index < -0.39 is 0 Å². The van der Waals surface area contributed by atoms with Crippen LogP contribution in [0.1, 0.15) is 32.6 Å². The number of nitrogens with zero attached hydrogens (tertiary/aromatic N) is 1. The lowest BCUT2D eigenvalue weighted by Crippen LogP contribution is -2.47. The van der Waals surface area contributed by atoms with E-state index in [9.17, 15) is 5.11 Å². The fraction of sp³-hybridized carbons (Fsp3) is 1.00. The van der Waals surface area contributed by atoms with Crippen LogP contribution in [0, 0.1) is 11.8 Å². The number of piperidine rings is 1. The molecule has 1 aliphatic carbocycles. The van der Waals surface area contributed by atoms with Crippen LogP contribution in [0.5, 0.6) is 0 Å². The van der Waals surface area contributed by atoms with Gasteiger partial charge in [-0.2, -0.15) is 0 Å². The molecule has 0 spiro atoms. The second kappa shape index (κ2) is 4.81. The summed E-state index contributed by atoms with van der Waals surface area (Å²) in [6.45, 7) is 5.44. The first-order chi connectivity index (χ1) is 7.19. The molecule has 1 aliphatic heterocycles. The van der Waals surface area contributed by atoms with Gasteiger partial charge in [0.05, 0.1) is 6.10 Å². The lowest BCUT2D eigenvalue weighted by molar-refractivity contribution is 0.0826. The van der Waals surface area contributed by atoms with Gasteiger partial charge in [0.15, 0.2) is 0 Å². The predicted octanol–water partition coefficient (Wildman–Crippen LogP) is 0.816. The first kappa shape index (κ1) is 11.4. The summed E-state index contributed by atoms with van der Waals surface area (Å²) in [4.78, 5) is 2.42.